The van der Waals surface area contributed by atoms with Gasteiger partial charge in [0.05, 0.1) is 23.9 Å². The Morgan fingerprint density at radius 3 is 2.61 bits per heavy atom. The van der Waals surface area contributed by atoms with E-state index in [0.29, 0.717) is 22.2 Å². The summed E-state index contributed by atoms with van der Waals surface area (Å²) in [6.07, 6.45) is -3.32. The number of amides is 1. The molecule has 1 amide bonds. The summed E-state index contributed by atoms with van der Waals surface area (Å²) < 4.78 is 69.7. The van der Waals surface area contributed by atoms with E-state index in [1.54, 1.807) is 28.8 Å². The van der Waals surface area contributed by atoms with Crippen LogP contribution in [0.15, 0.2) is 67.0 Å². The Labute approximate surface area is 184 Å². The molecule has 170 valence electrons. The molecule has 0 aliphatic rings. The van der Waals surface area contributed by atoms with Crippen LogP contribution < -0.4 is 10.1 Å². The number of halogens is 5. The monoisotopic (exact) mass is 461 g/mol. The first-order chi connectivity index (χ1) is 15.7. The van der Waals surface area contributed by atoms with Crippen molar-refractivity contribution in [3.8, 4) is 5.75 Å². The van der Waals surface area contributed by atoms with Gasteiger partial charge in [-0.05, 0) is 42.0 Å². The lowest BCUT2D eigenvalue weighted by Crippen LogP contribution is -2.23. The number of fused-ring (bicyclic) bond motifs is 1. The van der Waals surface area contributed by atoms with Gasteiger partial charge in [0.2, 0.25) is 0 Å². The first kappa shape index (κ1) is 22.3. The van der Waals surface area contributed by atoms with E-state index >= 15 is 0 Å². The first-order valence-electron chi connectivity index (χ1n) is 9.70. The smallest absolute Gasteiger partial charge is 0.406 e. The number of aromatic nitrogens is 2. The summed E-state index contributed by atoms with van der Waals surface area (Å²) >= 11 is 0. The number of nitrogens with zero attached hydrogens (tertiary/aromatic N) is 2. The fourth-order valence-corrected chi connectivity index (χ4v) is 3.30. The molecule has 0 unspecified atom stereocenters. The predicted molar refractivity (Wildman–Crippen MR) is 109 cm³/mol. The lowest BCUT2D eigenvalue weighted by Gasteiger charge is -2.11. The maximum atomic E-state index is 14.0. The van der Waals surface area contributed by atoms with Gasteiger partial charge in [-0.2, -0.15) is 0 Å². The summed E-state index contributed by atoms with van der Waals surface area (Å²) in [5, 5.41) is 2.63. The standard InChI is InChI=1S/C23H16F5N3O2/c24-17-6-4-16(19(25)10-17)12-31-13-30-20-9-15(5-7-21(20)31)22(32)29-11-14-2-1-3-18(8-14)33-23(26,27)28/h1-10,13H,11-12H2,(H,29,32). The van der Waals surface area contributed by atoms with E-state index in [1.807, 2.05) is 0 Å². The molecular weight excluding hydrogens is 445 g/mol. The van der Waals surface area contributed by atoms with Crippen LogP contribution >= 0.6 is 0 Å². The van der Waals surface area contributed by atoms with Crippen molar-refractivity contribution in [2.24, 2.45) is 0 Å². The number of ether oxygens (including phenoxy) is 1. The van der Waals surface area contributed by atoms with Crippen LogP contribution in [0.1, 0.15) is 21.5 Å². The van der Waals surface area contributed by atoms with Crippen molar-refractivity contribution in [3.05, 3.63) is 95.3 Å². The van der Waals surface area contributed by atoms with Gasteiger partial charge in [-0.25, -0.2) is 13.8 Å². The molecule has 0 spiro atoms. The molecule has 33 heavy (non-hydrogen) atoms. The van der Waals surface area contributed by atoms with Crippen LogP contribution in [0.25, 0.3) is 11.0 Å². The summed E-state index contributed by atoms with van der Waals surface area (Å²) in [6, 6.07) is 13.4. The Morgan fingerprint density at radius 2 is 1.85 bits per heavy atom. The SMILES string of the molecule is O=C(NCc1cccc(OC(F)(F)F)c1)c1ccc2c(c1)ncn2Cc1ccc(F)cc1F. The molecule has 0 radical (unpaired) electrons. The quantitative estimate of drug-likeness (QED) is 0.402. The average Bonchev–Trinajstić information content (AvgIpc) is 3.15. The Balaban J connectivity index is 1.45. The van der Waals surface area contributed by atoms with Crippen molar-refractivity contribution < 1.29 is 31.5 Å². The van der Waals surface area contributed by atoms with Gasteiger partial charge in [0, 0.05) is 23.7 Å². The highest BCUT2D eigenvalue weighted by molar-refractivity contribution is 5.97. The minimum Gasteiger partial charge on any atom is -0.406 e. The minimum absolute atomic E-state index is 0.00971. The van der Waals surface area contributed by atoms with Crippen LogP contribution in [0.2, 0.25) is 0 Å². The number of alkyl halides is 3. The third-order valence-corrected chi connectivity index (χ3v) is 4.82. The average molecular weight is 461 g/mol. The van der Waals surface area contributed by atoms with Gasteiger partial charge in [0.1, 0.15) is 17.4 Å². The van der Waals surface area contributed by atoms with E-state index in [1.165, 1.54) is 36.7 Å². The molecule has 0 saturated heterocycles. The lowest BCUT2D eigenvalue weighted by atomic mass is 10.1. The highest BCUT2D eigenvalue weighted by Crippen LogP contribution is 2.23. The zero-order valence-electron chi connectivity index (χ0n) is 16.9. The highest BCUT2D eigenvalue weighted by atomic mass is 19.4. The van der Waals surface area contributed by atoms with Crippen molar-refractivity contribution in [1.82, 2.24) is 14.9 Å². The molecule has 0 fully saturated rings. The molecule has 0 atom stereocenters. The first-order valence-corrected chi connectivity index (χ1v) is 9.70. The molecule has 4 rings (SSSR count). The van der Waals surface area contributed by atoms with Crippen molar-refractivity contribution in [1.29, 1.82) is 0 Å². The largest absolute Gasteiger partial charge is 0.573 e. The Morgan fingerprint density at radius 1 is 1.03 bits per heavy atom. The van der Waals surface area contributed by atoms with Gasteiger partial charge >= 0.3 is 6.36 Å². The summed E-state index contributed by atoms with van der Waals surface area (Å²) in [7, 11) is 0. The third kappa shape index (κ3) is 5.46. The molecule has 0 bridgehead atoms. The van der Waals surface area contributed by atoms with E-state index in [-0.39, 0.29) is 24.4 Å². The molecule has 0 aliphatic carbocycles. The van der Waals surface area contributed by atoms with Gasteiger partial charge in [-0.3, -0.25) is 4.79 Å². The van der Waals surface area contributed by atoms with Gasteiger partial charge in [0.25, 0.3) is 5.91 Å². The van der Waals surface area contributed by atoms with E-state index in [4.69, 9.17) is 0 Å². The number of benzene rings is 3. The number of nitrogens with one attached hydrogen (secondary N) is 1. The lowest BCUT2D eigenvalue weighted by molar-refractivity contribution is -0.274. The van der Waals surface area contributed by atoms with Crippen molar-refractivity contribution >= 4 is 16.9 Å². The maximum absolute atomic E-state index is 14.0. The van der Waals surface area contributed by atoms with Gasteiger partial charge in [-0.15, -0.1) is 13.2 Å². The van der Waals surface area contributed by atoms with Crippen LogP contribution in [0.5, 0.6) is 5.75 Å². The molecule has 10 heteroatoms. The number of carbonyl (C=O) groups excluding carboxylic acids is 1. The molecule has 1 heterocycles. The van der Waals surface area contributed by atoms with Crippen molar-refractivity contribution in [2.45, 2.75) is 19.5 Å². The topological polar surface area (TPSA) is 56.1 Å². The van der Waals surface area contributed by atoms with Crippen LogP contribution in [-0.2, 0) is 13.1 Å². The van der Waals surface area contributed by atoms with Crippen LogP contribution in [0, 0.1) is 11.6 Å². The fourth-order valence-electron chi connectivity index (χ4n) is 3.30. The summed E-state index contributed by atoms with van der Waals surface area (Å²) in [4.78, 5) is 16.7. The number of hydrogen-bond donors (Lipinski definition) is 1. The van der Waals surface area contributed by atoms with E-state index in [9.17, 15) is 26.7 Å². The van der Waals surface area contributed by atoms with E-state index < -0.39 is 23.9 Å². The normalized spacial score (nSPS) is 11.5. The van der Waals surface area contributed by atoms with E-state index in [0.717, 1.165) is 6.07 Å². The zero-order valence-corrected chi connectivity index (χ0v) is 16.9. The summed E-state index contributed by atoms with van der Waals surface area (Å²) in [6.45, 7) is 0.120. The second kappa shape index (κ2) is 8.89. The summed E-state index contributed by atoms with van der Waals surface area (Å²) in [5.41, 5.74) is 2.15. The molecule has 3 aromatic carbocycles. The van der Waals surface area contributed by atoms with Gasteiger partial charge in [0.15, 0.2) is 0 Å². The van der Waals surface area contributed by atoms with Gasteiger partial charge in [-0.1, -0.05) is 18.2 Å². The Hall–Kier alpha value is -3.95. The van der Waals surface area contributed by atoms with E-state index in [2.05, 4.69) is 15.0 Å². The number of hydrogen-bond acceptors (Lipinski definition) is 3. The van der Waals surface area contributed by atoms with Crippen molar-refractivity contribution in [3.63, 3.8) is 0 Å². The second-order valence-electron chi connectivity index (χ2n) is 7.19. The highest BCUT2D eigenvalue weighted by Gasteiger charge is 2.31. The minimum atomic E-state index is -4.80. The Kier molecular flexibility index (Phi) is 5.99. The molecular formula is C23H16F5N3O2. The molecule has 0 aliphatic heterocycles. The predicted octanol–water partition coefficient (Wildman–Crippen LogP) is 5.19. The zero-order chi connectivity index (χ0) is 23.6. The van der Waals surface area contributed by atoms with Gasteiger partial charge < -0.3 is 14.6 Å². The number of carbonyl (C=O) groups is 1. The molecule has 1 N–H and O–H groups in total. The van der Waals surface area contributed by atoms with Crippen molar-refractivity contribution in [2.75, 3.05) is 0 Å². The molecule has 5 nitrogen and oxygen atoms in total. The number of imidazole rings is 1. The Bertz CT molecular complexity index is 1320. The fraction of sp³-hybridized carbons (Fsp3) is 0.130. The summed E-state index contributed by atoms with van der Waals surface area (Å²) in [5.74, 6) is -2.16. The molecule has 4 aromatic rings. The molecule has 0 saturated carbocycles. The van der Waals surface area contributed by atoms with Crippen LogP contribution in [-0.4, -0.2) is 21.8 Å². The third-order valence-electron chi connectivity index (χ3n) is 4.82. The van der Waals surface area contributed by atoms with Crippen LogP contribution in [0.3, 0.4) is 0 Å². The molecule has 1 aromatic heterocycles. The van der Waals surface area contributed by atoms with Crippen LogP contribution in [0.4, 0.5) is 22.0 Å². The second-order valence-corrected chi connectivity index (χ2v) is 7.19. The number of rotatable bonds is 6. The maximum Gasteiger partial charge on any atom is 0.573 e.